The van der Waals surface area contributed by atoms with E-state index in [0.29, 0.717) is 24.3 Å². The molecule has 3 heterocycles. The van der Waals surface area contributed by atoms with Crippen LogP contribution < -0.4 is 4.72 Å². The van der Waals surface area contributed by atoms with E-state index in [1.54, 1.807) is 22.4 Å². The van der Waals surface area contributed by atoms with Gasteiger partial charge in [0.05, 0.1) is 11.3 Å². The van der Waals surface area contributed by atoms with E-state index < -0.39 is 10.0 Å². The molecule has 29 heavy (non-hydrogen) atoms. The van der Waals surface area contributed by atoms with Crippen molar-refractivity contribution in [1.29, 1.82) is 0 Å². The number of benzene rings is 1. The van der Waals surface area contributed by atoms with Crippen molar-refractivity contribution in [3.05, 3.63) is 47.2 Å². The number of sulfonamides is 1. The van der Waals surface area contributed by atoms with Crippen LogP contribution >= 0.6 is 11.3 Å². The van der Waals surface area contributed by atoms with Gasteiger partial charge in [-0.05, 0) is 43.9 Å². The van der Waals surface area contributed by atoms with Crippen molar-refractivity contribution in [2.24, 2.45) is 0 Å². The lowest BCUT2D eigenvalue weighted by Crippen LogP contribution is -2.35. The van der Waals surface area contributed by atoms with E-state index in [1.165, 1.54) is 6.07 Å². The van der Waals surface area contributed by atoms with Gasteiger partial charge >= 0.3 is 11.8 Å². The van der Waals surface area contributed by atoms with E-state index in [4.69, 9.17) is 4.42 Å². The Kier molecular flexibility index (Phi) is 5.37. The maximum absolute atomic E-state index is 12.7. The minimum atomic E-state index is -3.75. The molecule has 4 rings (SSSR count). The normalized spacial score (nSPS) is 14.7. The zero-order valence-corrected chi connectivity index (χ0v) is 17.4. The number of carbonyl (C=O) groups is 1. The van der Waals surface area contributed by atoms with Gasteiger partial charge in [-0.1, -0.05) is 18.2 Å². The molecule has 0 bridgehead atoms. The van der Waals surface area contributed by atoms with Crippen LogP contribution in [-0.4, -0.2) is 42.5 Å². The van der Waals surface area contributed by atoms with Gasteiger partial charge in [0, 0.05) is 18.5 Å². The van der Waals surface area contributed by atoms with Gasteiger partial charge in [0.25, 0.3) is 10.0 Å². The largest absolute Gasteiger partial charge is 0.412 e. The summed E-state index contributed by atoms with van der Waals surface area (Å²) in [5, 5.41) is 9.39. The predicted molar refractivity (Wildman–Crippen MR) is 109 cm³/mol. The fourth-order valence-corrected chi connectivity index (χ4v) is 5.39. The Morgan fingerprint density at radius 3 is 2.69 bits per heavy atom. The van der Waals surface area contributed by atoms with Crippen molar-refractivity contribution in [3.8, 4) is 11.5 Å². The summed E-state index contributed by atoms with van der Waals surface area (Å²) in [6.07, 6.45) is 3.04. The predicted octanol–water partition coefficient (Wildman–Crippen LogP) is 3.53. The van der Waals surface area contributed by atoms with Crippen LogP contribution in [0.2, 0.25) is 0 Å². The van der Waals surface area contributed by atoms with Gasteiger partial charge in [-0.3, -0.25) is 9.52 Å². The second-order valence-electron chi connectivity index (χ2n) is 6.84. The Labute approximate surface area is 172 Å². The minimum absolute atomic E-state index is 0.0736. The molecule has 0 spiro atoms. The van der Waals surface area contributed by atoms with E-state index in [1.807, 2.05) is 19.1 Å². The number of thiophene rings is 1. The first kappa shape index (κ1) is 19.6. The molecule has 152 valence electrons. The third-order valence-electron chi connectivity index (χ3n) is 4.73. The van der Waals surface area contributed by atoms with Crippen molar-refractivity contribution in [2.45, 2.75) is 30.4 Å². The van der Waals surface area contributed by atoms with Crippen molar-refractivity contribution < 1.29 is 17.6 Å². The zero-order chi connectivity index (χ0) is 20.4. The molecule has 8 nitrogen and oxygen atoms in total. The third-order valence-corrected chi connectivity index (χ3v) is 7.53. The number of aromatic nitrogens is 2. The number of nitrogens with one attached hydrogen (secondary N) is 1. The summed E-state index contributed by atoms with van der Waals surface area (Å²) >= 11 is 1.05. The first-order valence-corrected chi connectivity index (χ1v) is 11.6. The van der Waals surface area contributed by atoms with Gasteiger partial charge in [-0.25, -0.2) is 8.42 Å². The van der Waals surface area contributed by atoms with Crippen LogP contribution in [0.4, 0.5) is 5.69 Å². The molecular weight excluding hydrogens is 412 g/mol. The molecule has 0 atom stereocenters. The SMILES string of the molecule is Cc1ccccc1NS(=O)(=O)c1cc(-c2nnc(C(=O)N3CCCCC3)o2)cs1. The van der Waals surface area contributed by atoms with Crippen LogP contribution in [0.3, 0.4) is 0 Å². The quantitative estimate of drug-likeness (QED) is 0.661. The number of aryl methyl sites for hydroxylation is 1. The zero-order valence-electron chi connectivity index (χ0n) is 15.8. The lowest BCUT2D eigenvalue weighted by atomic mass is 10.1. The molecule has 2 aromatic heterocycles. The maximum Gasteiger partial charge on any atom is 0.311 e. The number of anilines is 1. The first-order valence-electron chi connectivity index (χ1n) is 9.24. The molecular formula is C19H20N4O4S2. The Morgan fingerprint density at radius 2 is 1.93 bits per heavy atom. The van der Waals surface area contributed by atoms with E-state index >= 15 is 0 Å². The highest BCUT2D eigenvalue weighted by molar-refractivity contribution is 7.94. The second kappa shape index (κ2) is 7.96. The van der Waals surface area contributed by atoms with Gasteiger partial charge in [0.1, 0.15) is 4.21 Å². The van der Waals surface area contributed by atoms with E-state index in [-0.39, 0.29) is 21.9 Å². The maximum atomic E-state index is 12.7. The summed E-state index contributed by atoms with van der Waals surface area (Å²) in [6.45, 7) is 3.20. The topological polar surface area (TPSA) is 105 Å². The fraction of sp³-hybridized carbons (Fsp3) is 0.316. The molecule has 3 aromatic rings. The van der Waals surface area contributed by atoms with Gasteiger partial charge in [-0.15, -0.1) is 21.5 Å². The van der Waals surface area contributed by atoms with Crippen LogP contribution in [0.25, 0.3) is 11.5 Å². The highest BCUT2D eigenvalue weighted by Gasteiger charge is 2.25. The number of likely N-dealkylation sites (tertiary alicyclic amines) is 1. The smallest absolute Gasteiger partial charge is 0.311 e. The average molecular weight is 433 g/mol. The molecule has 1 aliphatic heterocycles. The lowest BCUT2D eigenvalue weighted by molar-refractivity contribution is 0.0684. The number of hydrogen-bond acceptors (Lipinski definition) is 7. The Hall–Kier alpha value is -2.72. The lowest BCUT2D eigenvalue weighted by Gasteiger charge is -2.24. The van der Waals surface area contributed by atoms with Crippen molar-refractivity contribution >= 4 is 33.0 Å². The molecule has 1 amide bonds. The van der Waals surface area contributed by atoms with Gasteiger partial charge in [-0.2, -0.15) is 0 Å². The summed E-state index contributed by atoms with van der Waals surface area (Å²) in [4.78, 5) is 14.2. The van der Waals surface area contributed by atoms with Crippen LogP contribution in [0.1, 0.15) is 35.5 Å². The summed E-state index contributed by atoms with van der Waals surface area (Å²) in [5.41, 5.74) is 1.81. The third kappa shape index (κ3) is 4.18. The number of hydrogen-bond donors (Lipinski definition) is 1. The second-order valence-corrected chi connectivity index (χ2v) is 9.66. The molecule has 0 saturated carbocycles. The van der Waals surface area contributed by atoms with Crippen LogP contribution in [0.15, 0.2) is 44.3 Å². The van der Waals surface area contributed by atoms with Gasteiger partial charge in [0.2, 0.25) is 5.89 Å². The molecule has 0 radical (unpaired) electrons. The molecule has 1 aliphatic rings. The van der Waals surface area contributed by atoms with E-state index in [2.05, 4.69) is 14.9 Å². The summed E-state index contributed by atoms with van der Waals surface area (Å²) in [5.74, 6) is -0.234. The van der Waals surface area contributed by atoms with Crippen LogP contribution in [-0.2, 0) is 10.0 Å². The molecule has 1 saturated heterocycles. The Balaban J connectivity index is 1.52. The standard InChI is InChI=1S/C19H20N4O4S2/c1-13-7-3-4-8-15(13)22-29(25,26)16-11-14(12-28-16)17-20-21-18(27-17)19(24)23-9-5-2-6-10-23/h3-4,7-8,11-12,22H,2,5-6,9-10H2,1H3. The molecule has 0 aliphatic carbocycles. The number of amides is 1. The van der Waals surface area contributed by atoms with E-state index in [0.717, 1.165) is 36.2 Å². The van der Waals surface area contributed by atoms with Crippen molar-refractivity contribution in [3.63, 3.8) is 0 Å². The summed E-state index contributed by atoms with van der Waals surface area (Å²) in [6, 6.07) is 8.61. The Morgan fingerprint density at radius 1 is 1.17 bits per heavy atom. The van der Waals surface area contributed by atoms with Crippen molar-refractivity contribution in [2.75, 3.05) is 17.8 Å². The number of para-hydroxylation sites is 1. The monoisotopic (exact) mass is 432 g/mol. The Bertz CT molecular complexity index is 1130. The van der Waals surface area contributed by atoms with Crippen LogP contribution in [0.5, 0.6) is 0 Å². The number of piperidine rings is 1. The first-order chi connectivity index (χ1) is 13.9. The van der Waals surface area contributed by atoms with Crippen LogP contribution in [0, 0.1) is 6.92 Å². The number of rotatable bonds is 5. The highest BCUT2D eigenvalue weighted by Crippen LogP contribution is 2.30. The van der Waals surface area contributed by atoms with Gasteiger partial charge in [0.15, 0.2) is 0 Å². The molecule has 1 N–H and O–H groups in total. The number of nitrogens with zero attached hydrogens (tertiary/aromatic N) is 3. The van der Waals surface area contributed by atoms with Crippen molar-refractivity contribution in [1.82, 2.24) is 15.1 Å². The molecule has 0 unspecified atom stereocenters. The molecule has 1 aromatic carbocycles. The summed E-state index contributed by atoms with van der Waals surface area (Å²) in [7, 11) is -3.75. The molecule has 10 heteroatoms. The molecule has 1 fully saturated rings. The highest BCUT2D eigenvalue weighted by atomic mass is 32.2. The fourth-order valence-electron chi connectivity index (χ4n) is 3.11. The van der Waals surface area contributed by atoms with E-state index in [9.17, 15) is 13.2 Å². The average Bonchev–Trinajstić information content (AvgIpc) is 3.40. The minimum Gasteiger partial charge on any atom is -0.412 e. The van der Waals surface area contributed by atoms with Gasteiger partial charge < -0.3 is 9.32 Å². The summed E-state index contributed by atoms with van der Waals surface area (Å²) < 4.78 is 33.6. The number of carbonyl (C=O) groups excluding carboxylic acids is 1.